The lowest BCUT2D eigenvalue weighted by atomic mass is 10.1. The Labute approximate surface area is 152 Å². The van der Waals surface area contributed by atoms with Gasteiger partial charge in [-0.15, -0.1) is 0 Å². The van der Waals surface area contributed by atoms with Crippen LogP contribution in [0.15, 0.2) is 47.0 Å². The van der Waals surface area contributed by atoms with E-state index >= 15 is 0 Å². The van der Waals surface area contributed by atoms with Crippen molar-refractivity contribution in [2.45, 2.75) is 26.7 Å². The van der Waals surface area contributed by atoms with Crippen molar-refractivity contribution in [2.75, 3.05) is 12.4 Å². The maximum atomic E-state index is 12.2. The van der Waals surface area contributed by atoms with Gasteiger partial charge in [-0.2, -0.15) is 4.98 Å². The van der Waals surface area contributed by atoms with Crippen LogP contribution in [0, 0.1) is 13.8 Å². The Morgan fingerprint density at radius 1 is 1.19 bits per heavy atom. The number of hydrogen-bond donors (Lipinski definition) is 1. The summed E-state index contributed by atoms with van der Waals surface area (Å²) in [6.45, 7) is 3.95. The smallest absolute Gasteiger partial charge is 0.227 e. The highest BCUT2D eigenvalue weighted by Crippen LogP contribution is 2.25. The molecular formula is C20H21N3O3. The number of ether oxygens (including phenoxy) is 1. The maximum absolute atomic E-state index is 12.2. The largest absolute Gasteiger partial charge is 0.495 e. The Balaban J connectivity index is 1.62. The number of anilines is 1. The van der Waals surface area contributed by atoms with E-state index < -0.39 is 0 Å². The molecule has 134 valence electrons. The number of nitrogens with zero attached hydrogens (tertiary/aromatic N) is 2. The van der Waals surface area contributed by atoms with Gasteiger partial charge in [-0.1, -0.05) is 35.5 Å². The first-order valence-electron chi connectivity index (χ1n) is 8.40. The highest BCUT2D eigenvalue weighted by Gasteiger charge is 2.13. The molecule has 0 fully saturated rings. The fourth-order valence-electron chi connectivity index (χ4n) is 2.64. The highest BCUT2D eigenvalue weighted by molar-refractivity contribution is 5.92. The molecule has 0 aliphatic carbocycles. The number of carbonyl (C=O) groups is 1. The normalized spacial score (nSPS) is 10.6. The van der Waals surface area contributed by atoms with E-state index in [0.29, 0.717) is 29.6 Å². The number of methoxy groups -OCH3 is 1. The van der Waals surface area contributed by atoms with Crippen molar-refractivity contribution in [3.05, 3.63) is 59.5 Å². The molecule has 0 aliphatic heterocycles. The van der Waals surface area contributed by atoms with Crippen LogP contribution in [0.25, 0.3) is 11.4 Å². The third-order valence-electron chi connectivity index (χ3n) is 4.05. The zero-order valence-electron chi connectivity index (χ0n) is 15.1. The third kappa shape index (κ3) is 4.08. The Bertz CT molecular complexity index is 918. The summed E-state index contributed by atoms with van der Waals surface area (Å²) in [7, 11) is 1.58. The lowest BCUT2D eigenvalue weighted by Gasteiger charge is -2.10. The van der Waals surface area contributed by atoms with Gasteiger partial charge in [-0.25, -0.2) is 0 Å². The van der Waals surface area contributed by atoms with Crippen LogP contribution >= 0.6 is 0 Å². The first-order valence-corrected chi connectivity index (χ1v) is 8.40. The first kappa shape index (κ1) is 17.7. The molecule has 0 saturated carbocycles. The van der Waals surface area contributed by atoms with Gasteiger partial charge in [-0.05, 0) is 37.1 Å². The van der Waals surface area contributed by atoms with E-state index in [1.165, 1.54) is 0 Å². The monoisotopic (exact) mass is 351 g/mol. The van der Waals surface area contributed by atoms with Gasteiger partial charge in [0.1, 0.15) is 5.75 Å². The van der Waals surface area contributed by atoms with E-state index in [0.717, 1.165) is 16.7 Å². The summed E-state index contributed by atoms with van der Waals surface area (Å²) in [5.41, 5.74) is 3.70. The Hall–Kier alpha value is -3.15. The lowest BCUT2D eigenvalue weighted by molar-refractivity contribution is -0.116. The minimum Gasteiger partial charge on any atom is -0.495 e. The molecule has 0 aliphatic rings. The molecule has 0 spiro atoms. The van der Waals surface area contributed by atoms with Crippen molar-refractivity contribution in [3.8, 4) is 17.1 Å². The van der Waals surface area contributed by atoms with Gasteiger partial charge in [0, 0.05) is 18.4 Å². The molecule has 6 nitrogen and oxygen atoms in total. The van der Waals surface area contributed by atoms with Gasteiger partial charge in [0.2, 0.25) is 17.6 Å². The second-order valence-corrected chi connectivity index (χ2v) is 6.08. The zero-order valence-corrected chi connectivity index (χ0v) is 15.1. The number of aryl methyl sites for hydroxylation is 3. The zero-order chi connectivity index (χ0) is 18.5. The Morgan fingerprint density at radius 3 is 2.77 bits per heavy atom. The number of carbonyl (C=O) groups excluding carboxylic acids is 1. The summed E-state index contributed by atoms with van der Waals surface area (Å²) >= 11 is 0. The highest BCUT2D eigenvalue weighted by atomic mass is 16.5. The SMILES string of the molecule is COc1ccc(C)cc1NC(=O)CCc1nc(-c2ccccc2C)no1. The van der Waals surface area contributed by atoms with Gasteiger partial charge in [-0.3, -0.25) is 4.79 Å². The molecule has 2 aromatic carbocycles. The number of rotatable bonds is 6. The van der Waals surface area contributed by atoms with Crippen molar-refractivity contribution >= 4 is 11.6 Å². The molecule has 0 radical (unpaired) electrons. The van der Waals surface area contributed by atoms with Crippen LogP contribution in [-0.2, 0) is 11.2 Å². The van der Waals surface area contributed by atoms with E-state index in [1.807, 2.05) is 56.3 Å². The van der Waals surface area contributed by atoms with Gasteiger partial charge >= 0.3 is 0 Å². The van der Waals surface area contributed by atoms with E-state index in [2.05, 4.69) is 15.5 Å². The van der Waals surface area contributed by atoms with Crippen LogP contribution in [0.5, 0.6) is 5.75 Å². The fraction of sp³-hybridized carbons (Fsp3) is 0.250. The van der Waals surface area contributed by atoms with E-state index in [4.69, 9.17) is 9.26 Å². The van der Waals surface area contributed by atoms with Crippen LogP contribution in [0.2, 0.25) is 0 Å². The molecule has 0 bridgehead atoms. The molecule has 0 atom stereocenters. The van der Waals surface area contributed by atoms with Crippen LogP contribution in [0.3, 0.4) is 0 Å². The van der Waals surface area contributed by atoms with E-state index in [1.54, 1.807) is 7.11 Å². The maximum Gasteiger partial charge on any atom is 0.227 e. The number of amides is 1. The summed E-state index contributed by atoms with van der Waals surface area (Å²) in [5.74, 6) is 1.47. The van der Waals surface area contributed by atoms with Crippen LogP contribution in [-0.4, -0.2) is 23.2 Å². The molecular weight excluding hydrogens is 330 g/mol. The second kappa shape index (κ2) is 7.82. The first-order chi connectivity index (χ1) is 12.6. The minimum absolute atomic E-state index is 0.135. The van der Waals surface area contributed by atoms with Crippen molar-refractivity contribution in [1.82, 2.24) is 10.1 Å². The molecule has 6 heteroatoms. The van der Waals surface area contributed by atoms with Crippen LogP contribution in [0.1, 0.15) is 23.4 Å². The second-order valence-electron chi connectivity index (χ2n) is 6.08. The predicted octanol–water partition coefficient (Wildman–Crippen LogP) is 3.93. The van der Waals surface area contributed by atoms with E-state index in [-0.39, 0.29) is 12.3 Å². The minimum atomic E-state index is -0.135. The summed E-state index contributed by atoms with van der Waals surface area (Å²) in [4.78, 5) is 16.6. The molecule has 26 heavy (non-hydrogen) atoms. The van der Waals surface area contributed by atoms with Crippen molar-refractivity contribution in [1.29, 1.82) is 0 Å². The van der Waals surface area contributed by atoms with Gasteiger partial charge < -0.3 is 14.6 Å². The molecule has 1 aromatic heterocycles. The molecule has 3 aromatic rings. The molecule has 3 rings (SSSR count). The Kier molecular flexibility index (Phi) is 5.31. The summed E-state index contributed by atoms with van der Waals surface area (Å²) in [6, 6.07) is 13.5. The number of benzene rings is 2. The predicted molar refractivity (Wildman–Crippen MR) is 99.2 cm³/mol. The van der Waals surface area contributed by atoms with Gasteiger partial charge in [0.25, 0.3) is 0 Å². The molecule has 0 unspecified atom stereocenters. The third-order valence-corrected chi connectivity index (χ3v) is 4.05. The summed E-state index contributed by atoms with van der Waals surface area (Å²) in [5, 5.41) is 6.88. The van der Waals surface area contributed by atoms with Crippen molar-refractivity contribution < 1.29 is 14.1 Å². The number of nitrogens with one attached hydrogen (secondary N) is 1. The molecule has 1 heterocycles. The lowest BCUT2D eigenvalue weighted by Crippen LogP contribution is -2.13. The van der Waals surface area contributed by atoms with Crippen molar-refractivity contribution in [3.63, 3.8) is 0 Å². The standard InChI is InChI=1S/C20H21N3O3/c1-13-8-9-17(25-3)16(12-13)21-18(24)10-11-19-22-20(23-26-19)15-7-5-4-6-14(15)2/h4-9,12H,10-11H2,1-3H3,(H,21,24). The van der Waals surface area contributed by atoms with Crippen LogP contribution in [0.4, 0.5) is 5.69 Å². The van der Waals surface area contributed by atoms with Crippen molar-refractivity contribution in [2.24, 2.45) is 0 Å². The topological polar surface area (TPSA) is 77.2 Å². The molecule has 0 saturated heterocycles. The van der Waals surface area contributed by atoms with Gasteiger partial charge in [0.05, 0.1) is 12.8 Å². The van der Waals surface area contributed by atoms with Gasteiger partial charge in [0.15, 0.2) is 0 Å². The average Bonchev–Trinajstić information content (AvgIpc) is 3.09. The van der Waals surface area contributed by atoms with Crippen LogP contribution < -0.4 is 10.1 Å². The average molecular weight is 351 g/mol. The summed E-state index contributed by atoms with van der Waals surface area (Å²) in [6.07, 6.45) is 0.616. The molecule has 1 amide bonds. The van der Waals surface area contributed by atoms with E-state index in [9.17, 15) is 4.79 Å². The Morgan fingerprint density at radius 2 is 2.00 bits per heavy atom. The fourth-order valence-corrected chi connectivity index (χ4v) is 2.64. The molecule has 1 N–H and O–H groups in total. The quantitative estimate of drug-likeness (QED) is 0.728. The number of aromatic nitrogens is 2. The number of hydrogen-bond acceptors (Lipinski definition) is 5. The summed E-state index contributed by atoms with van der Waals surface area (Å²) < 4.78 is 10.5.